The topological polar surface area (TPSA) is 89.1 Å². The molecule has 4 aromatic rings. The Morgan fingerprint density at radius 2 is 1.91 bits per heavy atom. The molecule has 0 aliphatic rings. The normalized spacial score (nSPS) is 11.0. The molecule has 0 aliphatic heterocycles. The third-order valence-corrected chi connectivity index (χ3v) is 5.10. The largest absolute Gasteiger partial charge is 0.496 e. The maximum atomic E-state index is 13.4. The van der Waals surface area contributed by atoms with E-state index >= 15 is 0 Å². The highest BCUT2D eigenvalue weighted by molar-refractivity contribution is 6.11. The van der Waals surface area contributed by atoms with Crippen molar-refractivity contribution >= 4 is 16.9 Å². The van der Waals surface area contributed by atoms with E-state index in [2.05, 4.69) is 20.5 Å². The molecule has 0 atom stereocenters. The number of carbonyl (C=O) groups excluding carboxylic acids is 1. The van der Waals surface area contributed by atoms with Gasteiger partial charge in [-0.15, -0.1) is 0 Å². The Hall–Kier alpha value is -3.78. The van der Waals surface area contributed by atoms with Gasteiger partial charge in [0.25, 0.3) is 5.91 Å². The molecule has 32 heavy (non-hydrogen) atoms. The number of nitrogens with one attached hydrogen (secondary N) is 2. The van der Waals surface area contributed by atoms with Crippen molar-refractivity contribution in [3.63, 3.8) is 0 Å². The first-order valence-electron chi connectivity index (χ1n) is 10.2. The Labute approximate surface area is 184 Å². The minimum Gasteiger partial charge on any atom is -0.496 e. The highest BCUT2D eigenvalue weighted by Gasteiger charge is 2.21. The number of H-pyrrole nitrogens is 1. The van der Waals surface area contributed by atoms with Crippen LogP contribution in [-0.2, 0) is 4.74 Å². The first kappa shape index (κ1) is 21.5. The highest BCUT2D eigenvalue weighted by atomic mass is 19.1. The van der Waals surface area contributed by atoms with Crippen molar-refractivity contribution in [1.82, 2.24) is 20.5 Å². The molecular weight excluding hydrogens is 411 g/mol. The first-order chi connectivity index (χ1) is 15.6. The summed E-state index contributed by atoms with van der Waals surface area (Å²) >= 11 is 0. The third kappa shape index (κ3) is 4.31. The molecule has 2 aromatic carbocycles. The Balaban J connectivity index is 1.85. The van der Waals surface area contributed by atoms with Crippen molar-refractivity contribution in [1.29, 1.82) is 0 Å². The highest BCUT2D eigenvalue weighted by Crippen LogP contribution is 2.34. The van der Waals surface area contributed by atoms with Crippen LogP contribution in [0.5, 0.6) is 5.75 Å². The van der Waals surface area contributed by atoms with Crippen LogP contribution in [0.15, 0.2) is 54.6 Å². The van der Waals surface area contributed by atoms with Gasteiger partial charge in [0, 0.05) is 31.4 Å². The summed E-state index contributed by atoms with van der Waals surface area (Å²) in [6.07, 6.45) is 0.687. The van der Waals surface area contributed by atoms with Crippen molar-refractivity contribution in [2.24, 2.45) is 0 Å². The lowest BCUT2D eigenvalue weighted by atomic mass is 10.0. The molecule has 8 heteroatoms. The number of amides is 1. The molecule has 2 N–H and O–H groups in total. The van der Waals surface area contributed by atoms with Gasteiger partial charge >= 0.3 is 0 Å². The molecule has 0 saturated heterocycles. The second-order valence-corrected chi connectivity index (χ2v) is 7.16. The number of para-hydroxylation sites is 1. The average Bonchev–Trinajstić information content (AvgIpc) is 3.25. The number of benzene rings is 2. The number of hydrogen-bond acceptors (Lipinski definition) is 5. The molecule has 0 fully saturated rings. The number of pyridine rings is 1. The summed E-state index contributed by atoms with van der Waals surface area (Å²) in [6, 6.07) is 15.2. The zero-order chi connectivity index (χ0) is 22.5. The fourth-order valence-electron chi connectivity index (χ4n) is 3.54. The van der Waals surface area contributed by atoms with Gasteiger partial charge in [0.1, 0.15) is 11.6 Å². The summed E-state index contributed by atoms with van der Waals surface area (Å²) in [4.78, 5) is 17.9. The lowest BCUT2D eigenvalue weighted by Crippen LogP contribution is -2.25. The SMILES string of the molecule is COCCCNC(=O)c1cc(-c2ccccc2OC)nc2n[nH]c(-c3ccc(F)cc3)c12. The molecule has 0 radical (unpaired) electrons. The monoisotopic (exact) mass is 434 g/mol. The standard InChI is InChI=1S/C24H23FN4O3/c1-31-13-5-12-26-24(30)18-14-19(17-6-3-4-7-20(17)32-2)27-23-21(18)22(28-29-23)15-8-10-16(25)11-9-15/h3-4,6-11,14H,5,12-13H2,1-2H3,(H,26,30)(H,27,28,29). The molecule has 0 saturated carbocycles. The van der Waals surface area contributed by atoms with Gasteiger partial charge in [0.2, 0.25) is 0 Å². The number of carbonyl (C=O) groups is 1. The van der Waals surface area contributed by atoms with Crippen LogP contribution in [0.25, 0.3) is 33.5 Å². The number of methoxy groups -OCH3 is 2. The molecule has 7 nitrogen and oxygen atoms in total. The number of hydrogen-bond donors (Lipinski definition) is 2. The minimum atomic E-state index is -0.342. The molecule has 1 amide bonds. The van der Waals surface area contributed by atoms with Crippen molar-refractivity contribution in [2.75, 3.05) is 27.4 Å². The molecule has 4 rings (SSSR count). The second-order valence-electron chi connectivity index (χ2n) is 7.16. The summed E-state index contributed by atoms with van der Waals surface area (Å²) in [5.74, 6) is 0.0415. The second kappa shape index (κ2) is 9.57. The smallest absolute Gasteiger partial charge is 0.252 e. The molecular formula is C24H23FN4O3. The molecule has 2 aromatic heterocycles. The van der Waals surface area contributed by atoms with E-state index in [0.717, 1.165) is 5.56 Å². The van der Waals surface area contributed by atoms with E-state index in [1.807, 2.05) is 24.3 Å². The lowest BCUT2D eigenvalue weighted by Gasteiger charge is -2.11. The molecule has 0 spiro atoms. The molecule has 0 bridgehead atoms. The van der Waals surface area contributed by atoms with E-state index in [9.17, 15) is 9.18 Å². The van der Waals surface area contributed by atoms with Crippen LogP contribution in [0.4, 0.5) is 4.39 Å². The van der Waals surface area contributed by atoms with E-state index in [-0.39, 0.29) is 11.7 Å². The Bertz CT molecular complexity index is 1240. The number of ether oxygens (including phenoxy) is 2. The van der Waals surface area contributed by atoms with Gasteiger partial charge in [-0.25, -0.2) is 9.37 Å². The van der Waals surface area contributed by atoms with Crippen LogP contribution < -0.4 is 10.1 Å². The van der Waals surface area contributed by atoms with Crippen LogP contribution >= 0.6 is 0 Å². The van der Waals surface area contributed by atoms with E-state index in [1.54, 1.807) is 32.4 Å². The molecule has 0 aliphatic carbocycles. The molecule has 2 heterocycles. The van der Waals surface area contributed by atoms with Crippen LogP contribution in [0.2, 0.25) is 0 Å². The first-order valence-corrected chi connectivity index (χ1v) is 10.2. The fourth-order valence-corrected chi connectivity index (χ4v) is 3.54. The summed E-state index contributed by atoms with van der Waals surface area (Å²) in [6.45, 7) is 1.01. The van der Waals surface area contributed by atoms with E-state index in [1.165, 1.54) is 12.1 Å². The van der Waals surface area contributed by atoms with E-state index in [4.69, 9.17) is 9.47 Å². The Kier molecular flexibility index (Phi) is 6.42. The Morgan fingerprint density at radius 3 is 2.66 bits per heavy atom. The van der Waals surface area contributed by atoms with Crippen LogP contribution in [0, 0.1) is 5.82 Å². The van der Waals surface area contributed by atoms with Gasteiger partial charge in [-0.1, -0.05) is 12.1 Å². The van der Waals surface area contributed by atoms with Gasteiger partial charge in [0.05, 0.1) is 29.4 Å². The van der Waals surface area contributed by atoms with Gasteiger partial charge in [-0.3, -0.25) is 9.89 Å². The quantitative estimate of drug-likeness (QED) is 0.406. The van der Waals surface area contributed by atoms with Crippen molar-refractivity contribution < 1.29 is 18.7 Å². The third-order valence-electron chi connectivity index (χ3n) is 5.10. The summed E-state index contributed by atoms with van der Waals surface area (Å²) in [5.41, 5.74) is 3.41. The maximum absolute atomic E-state index is 13.4. The predicted molar refractivity (Wildman–Crippen MR) is 120 cm³/mol. The summed E-state index contributed by atoms with van der Waals surface area (Å²) in [7, 11) is 3.20. The molecule has 164 valence electrons. The van der Waals surface area contributed by atoms with E-state index < -0.39 is 0 Å². The number of aromatic nitrogens is 3. The minimum absolute atomic E-state index is 0.255. The summed E-state index contributed by atoms with van der Waals surface area (Å²) in [5, 5.41) is 10.8. The van der Waals surface area contributed by atoms with Crippen molar-refractivity contribution in [3.8, 4) is 28.3 Å². The number of halogens is 1. The average molecular weight is 434 g/mol. The number of nitrogens with zero attached hydrogens (tertiary/aromatic N) is 2. The van der Waals surface area contributed by atoms with Crippen molar-refractivity contribution in [2.45, 2.75) is 6.42 Å². The van der Waals surface area contributed by atoms with Crippen molar-refractivity contribution in [3.05, 3.63) is 66.0 Å². The Morgan fingerprint density at radius 1 is 1.12 bits per heavy atom. The predicted octanol–water partition coefficient (Wildman–Crippen LogP) is 4.21. The number of rotatable bonds is 8. The van der Waals surface area contributed by atoms with Crippen LogP contribution in [-0.4, -0.2) is 48.5 Å². The van der Waals surface area contributed by atoms with Gasteiger partial charge in [0.15, 0.2) is 5.65 Å². The lowest BCUT2D eigenvalue weighted by molar-refractivity contribution is 0.0950. The zero-order valence-corrected chi connectivity index (χ0v) is 17.8. The van der Waals surface area contributed by atoms with Gasteiger partial charge < -0.3 is 14.8 Å². The number of fused-ring (bicyclic) bond motifs is 1. The van der Waals surface area contributed by atoms with Gasteiger partial charge in [-0.2, -0.15) is 5.10 Å². The van der Waals surface area contributed by atoms with Crippen LogP contribution in [0.1, 0.15) is 16.8 Å². The number of aromatic amines is 1. The zero-order valence-electron chi connectivity index (χ0n) is 17.8. The molecule has 0 unspecified atom stereocenters. The van der Waals surface area contributed by atoms with Crippen LogP contribution in [0.3, 0.4) is 0 Å². The van der Waals surface area contributed by atoms with Gasteiger partial charge in [-0.05, 0) is 48.9 Å². The maximum Gasteiger partial charge on any atom is 0.252 e. The van der Waals surface area contributed by atoms with E-state index in [0.29, 0.717) is 58.9 Å². The fraction of sp³-hybridized carbons (Fsp3) is 0.208. The summed E-state index contributed by atoms with van der Waals surface area (Å²) < 4.78 is 24.0.